The van der Waals surface area contributed by atoms with Crippen molar-refractivity contribution in [3.05, 3.63) is 70.8 Å². The highest BCUT2D eigenvalue weighted by molar-refractivity contribution is 5.79. The van der Waals surface area contributed by atoms with Crippen LogP contribution in [0.15, 0.2) is 48.5 Å². The molecule has 0 bridgehead atoms. The largest absolute Gasteiger partial charge is 0.465 e. The number of rotatable bonds is 5. The Morgan fingerprint density at radius 3 is 1.95 bits per heavy atom. The van der Waals surface area contributed by atoms with Gasteiger partial charge in [0.1, 0.15) is 0 Å². The molecular formula is C27H28F6N2O4. The average molecular weight is 559 g/mol. The number of benzene rings is 2. The van der Waals surface area contributed by atoms with Crippen molar-refractivity contribution in [1.82, 2.24) is 9.80 Å². The van der Waals surface area contributed by atoms with Crippen molar-refractivity contribution in [2.45, 2.75) is 50.2 Å². The Hall–Kier alpha value is -3.28. The molecule has 0 spiro atoms. The summed E-state index contributed by atoms with van der Waals surface area (Å²) in [5, 5.41) is 9.15. The topological polar surface area (TPSA) is 70.1 Å². The van der Waals surface area contributed by atoms with Crippen LogP contribution in [0.5, 0.6) is 0 Å². The molecule has 0 radical (unpaired) electrons. The van der Waals surface area contributed by atoms with Crippen LogP contribution in [-0.2, 0) is 28.5 Å². The number of carbonyl (C=O) groups excluding carboxylic acids is 1. The summed E-state index contributed by atoms with van der Waals surface area (Å²) in [6, 6.07) is 10.5. The maximum atomic E-state index is 13.3. The second kappa shape index (κ2) is 11.4. The number of halogens is 6. The minimum atomic E-state index is -4.95. The fourth-order valence-corrected chi connectivity index (χ4v) is 5.23. The number of amides is 2. The predicted octanol–water partition coefficient (Wildman–Crippen LogP) is 6.02. The third-order valence-electron chi connectivity index (χ3n) is 7.32. The number of hydrogen-bond donors (Lipinski definition) is 1. The first-order valence-electron chi connectivity index (χ1n) is 12.5. The minimum absolute atomic E-state index is 0.0846. The molecule has 2 aliphatic rings. The fourth-order valence-electron chi connectivity index (χ4n) is 5.23. The number of hydrogen-bond acceptors (Lipinski definition) is 3. The Labute approximate surface area is 221 Å². The molecule has 2 heterocycles. The van der Waals surface area contributed by atoms with Crippen molar-refractivity contribution in [2.75, 3.05) is 26.2 Å². The second-order valence-corrected chi connectivity index (χ2v) is 9.90. The summed E-state index contributed by atoms with van der Waals surface area (Å²) in [7, 11) is 0. The van der Waals surface area contributed by atoms with Gasteiger partial charge in [0.2, 0.25) is 5.91 Å². The molecule has 0 aliphatic carbocycles. The molecular weight excluding hydrogens is 530 g/mol. The molecule has 39 heavy (non-hydrogen) atoms. The average Bonchev–Trinajstić information content (AvgIpc) is 2.91. The van der Waals surface area contributed by atoms with Crippen LogP contribution < -0.4 is 0 Å². The molecule has 2 saturated heterocycles. The van der Waals surface area contributed by atoms with Crippen LogP contribution in [0.4, 0.5) is 31.1 Å². The third kappa shape index (κ3) is 7.03. The second-order valence-electron chi connectivity index (χ2n) is 9.90. The van der Waals surface area contributed by atoms with E-state index < -0.39 is 42.3 Å². The number of ether oxygens (including phenoxy) is 1. The smallest absolute Gasteiger partial charge is 0.416 e. The lowest BCUT2D eigenvalue weighted by atomic mass is 9.86. The Morgan fingerprint density at radius 1 is 0.846 bits per heavy atom. The summed E-state index contributed by atoms with van der Waals surface area (Å²) >= 11 is 0. The Balaban J connectivity index is 1.49. The van der Waals surface area contributed by atoms with Gasteiger partial charge in [-0.2, -0.15) is 26.3 Å². The van der Waals surface area contributed by atoms with E-state index in [-0.39, 0.29) is 49.0 Å². The third-order valence-corrected chi connectivity index (χ3v) is 7.32. The molecule has 1 N–H and O–H groups in total. The standard InChI is InChI=1S/C27H28F6N2O4/c28-26(29,30)20-12-17(13-21(14-20)27(31,32)33)16-39-23-8-11-35(15-22(23)18-4-2-1-3-5-18)24(36)19-6-9-34(10-7-19)25(37)38/h1-5,12-14,19,22-23H,6-11,15-16H2,(H,37,38)/t22-,23-/m0/s1. The van der Waals surface area contributed by atoms with Crippen LogP contribution in [-0.4, -0.2) is 59.2 Å². The molecule has 6 nitrogen and oxygen atoms in total. The molecule has 0 aromatic heterocycles. The maximum Gasteiger partial charge on any atom is 0.416 e. The monoisotopic (exact) mass is 558 g/mol. The molecule has 0 saturated carbocycles. The number of likely N-dealkylation sites (tertiary alicyclic amines) is 2. The van der Waals surface area contributed by atoms with Gasteiger partial charge in [0.05, 0.1) is 23.8 Å². The number of alkyl halides is 6. The zero-order chi connectivity index (χ0) is 28.4. The van der Waals surface area contributed by atoms with Gasteiger partial charge in [-0.05, 0) is 48.6 Å². The van der Waals surface area contributed by atoms with Gasteiger partial charge in [-0.3, -0.25) is 4.79 Å². The van der Waals surface area contributed by atoms with E-state index in [1.807, 2.05) is 18.2 Å². The van der Waals surface area contributed by atoms with E-state index >= 15 is 0 Å². The van der Waals surface area contributed by atoms with Crippen LogP contribution in [0.3, 0.4) is 0 Å². The molecule has 2 aliphatic heterocycles. The van der Waals surface area contributed by atoms with E-state index in [1.54, 1.807) is 17.0 Å². The summed E-state index contributed by atoms with van der Waals surface area (Å²) < 4.78 is 85.6. The minimum Gasteiger partial charge on any atom is -0.465 e. The molecule has 4 rings (SSSR count). The number of carboxylic acid groups (broad SMARTS) is 1. The highest BCUT2D eigenvalue weighted by Gasteiger charge is 2.39. The molecule has 2 aromatic carbocycles. The Kier molecular flexibility index (Phi) is 8.43. The van der Waals surface area contributed by atoms with Crippen LogP contribution in [0.1, 0.15) is 47.4 Å². The number of piperidine rings is 2. The molecule has 0 unspecified atom stereocenters. The van der Waals surface area contributed by atoms with E-state index in [0.717, 1.165) is 5.56 Å². The van der Waals surface area contributed by atoms with Gasteiger partial charge in [-0.1, -0.05) is 30.3 Å². The summed E-state index contributed by atoms with van der Waals surface area (Å²) in [5.41, 5.74) is -2.21. The molecule has 212 valence electrons. The van der Waals surface area contributed by atoms with Crippen molar-refractivity contribution >= 4 is 12.0 Å². The molecule has 2 aromatic rings. The van der Waals surface area contributed by atoms with Gasteiger partial charge in [0, 0.05) is 38.0 Å². The van der Waals surface area contributed by atoms with E-state index in [9.17, 15) is 35.9 Å². The lowest BCUT2D eigenvalue weighted by molar-refractivity contribution is -0.143. The highest BCUT2D eigenvalue weighted by Crippen LogP contribution is 2.37. The van der Waals surface area contributed by atoms with Crippen molar-refractivity contribution < 1.29 is 45.8 Å². The van der Waals surface area contributed by atoms with Crippen molar-refractivity contribution in [1.29, 1.82) is 0 Å². The van der Waals surface area contributed by atoms with Crippen LogP contribution in [0.2, 0.25) is 0 Å². The van der Waals surface area contributed by atoms with E-state index in [2.05, 4.69) is 0 Å². The van der Waals surface area contributed by atoms with Crippen LogP contribution >= 0.6 is 0 Å². The molecule has 12 heteroatoms. The van der Waals surface area contributed by atoms with E-state index in [0.29, 0.717) is 37.9 Å². The van der Waals surface area contributed by atoms with Gasteiger partial charge in [-0.15, -0.1) is 0 Å². The fraction of sp³-hybridized carbons (Fsp3) is 0.481. The van der Waals surface area contributed by atoms with Crippen LogP contribution in [0, 0.1) is 5.92 Å². The van der Waals surface area contributed by atoms with Gasteiger partial charge in [0.25, 0.3) is 0 Å². The highest BCUT2D eigenvalue weighted by atomic mass is 19.4. The molecule has 2 fully saturated rings. The van der Waals surface area contributed by atoms with Crippen molar-refractivity contribution in [2.24, 2.45) is 5.92 Å². The lowest BCUT2D eigenvalue weighted by Crippen LogP contribution is -2.49. The normalized spacial score (nSPS) is 21.2. The lowest BCUT2D eigenvalue weighted by Gasteiger charge is -2.41. The summed E-state index contributed by atoms with van der Waals surface area (Å²) in [6.07, 6.45) is -10.3. The Morgan fingerprint density at radius 2 is 1.41 bits per heavy atom. The maximum absolute atomic E-state index is 13.3. The summed E-state index contributed by atoms with van der Waals surface area (Å²) in [5.74, 6) is -0.761. The Bertz CT molecular complexity index is 1130. The van der Waals surface area contributed by atoms with E-state index in [4.69, 9.17) is 9.84 Å². The SMILES string of the molecule is O=C(O)N1CCC(C(=O)N2CC[C@H](OCc3cc(C(F)(F)F)cc(C(F)(F)F)c3)[C@H](c3ccccc3)C2)CC1. The predicted molar refractivity (Wildman–Crippen MR) is 128 cm³/mol. The first-order chi connectivity index (χ1) is 18.3. The zero-order valence-electron chi connectivity index (χ0n) is 20.8. The van der Waals surface area contributed by atoms with Crippen LogP contribution in [0.25, 0.3) is 0 Å². The van der Waals surface area contributed by atoms with Crippen molar-refractivity contribution in [3.8, 4) is 0 Å². The van der Waals surface area contributed by atoms with E-state index in [1.165, 1.54) is 4.90 Å². The van der Waals surface area contributed by atoms with Gasteiger partial charge >= 0.3 is 18.4 Å². The first-order valence-corrected chi connectivity index (χ1v) is 12.5. The molecule has 2 amide bonds. The van der Waals surface area contributed by atoms with Gasteiger partial charge < -0.3 is 19.6 Å². The molecule has 2 atom stereocenters. The summed E-state index contributed by atoms with van der Waals surface area (Å²) in [4.78, 5) is 27.4. The number of carbonyl (C=O) groups is 2. The quantitative estimate of drug-likeness (QED) is 0.456. The van der Waals surface area contributed by atoms with Crippen molar-refractivity contribution in [3.63, 3.8) is 0 Å². The van der Waals surface area contributed by atoms with Gasteiger partial charge in [0.15, 0.2) is 0 Å². The number of nitrogens with zero attached hydrogens (tertiary/aromatic N) is 2. The summed E-state index contributed by atoms with van der Waals surface area (Å²) in [6.45, 7) is 0.655. The zero-order valence-corrected chi connectivity index (χ0v) is 20.8. The first kappa shape index (κ1) is 28.7. The van der Waals surface area contributed by atoms with Gasteiger partial charge in [-0.25, -0.2) is 4.79 Å².